The van der Waals surface area contributed by atoms with E-state index in [1.165, 1.54) is 0 Å². The minimum atomic E-state index is -0.884. The van der Waals surface area contributed by atoms with Gasteiger partial charge in [0, 0.05) is 31.4 Å². The molecule has 1 unspecified atom stereocenters. The average molecular weight is 281 g/mol. The fourth-order valence-electron chi connectivity index (χ4n) is 2.15. The molecule has 1 aromatic heterocycles. The lowest BCUT2D eigenvalue weighted by Crippen LogP contribution is -2.37. The maximum Gasteiger partial charge on any atom is 0.308 e. The number of carbonyl (C=O) groups excluding carboxylic acids is 1. The highest BCUT2D eigenvalue weighted by molar-refractivity contribution is 5.80. The Morgan fingerprint density at radius 2 is 2.00 bits per heavy atom. The first kappa shape index (κ1) is 16.2. The Bertz CT molecular complexity index is 508. The van der Waals surface area contributed by atoms with Crippen molar-refractivity contribution in [1.29, 1.82) is 0 Å². The first-order valence-corrected chi connectivity index (χ1v) is 6.77. The van der Waals surface area contributed by atoms with E-state index in [1.54, 1.807) is 16.5 Å². The zero-order valence-electron chi connectivity index (χ0n) is 12.8. The number of likely N-dealkylation sites (N-methyl/N-ethyl adjacent to an activating group) is 1. The Balaban J connectivity index is 2.80. The normalized spacial score (nSPS) is 12.2. The number of hydrogen-bond acceptors (Lipinski definition) is 3. The van der Waals surface area contributed by atoms with E-state index in [-0.39, 0.29) is 18.9 Å². The predicted molar refractivity (Wildman–Crippen MR) is 75.4 cm³/mol. The Labute approximate surface area is 119 Å². The molecule has 1 aromatic rings. The molecule has 0 fully saturated rings. The summed E-state index contributed by atoms with van der Waals surface area (Å²) in [4.78, 5) is 24.8. The third-order valence-corrected chi connectivity index (χ3v) is 3.64. The second kappa shape index (κ2) is 6.54. The molecule has 0 aliphatic heterocycles. The summed E-state index contributed by atoms with van der Waals surface area (Å²) in [5, 5.41) is 13.2. The van der Waals surface area contributed by atoms with Crippen molar-refractivity contribution >= 4 is 11.9 Å². The largest absolute Gasteiger partial charge is 0.481 e. The van der Waals surface area contributed by atoms with Crippen molar-refractivity contribution in [1.82, 2.24) is 14.7 Å². The summed E-state index contributed by atoms with van der Waals surface area (Å²) in [5.74, 6) is -1.50. The number of carboxylic acids is 1. The number of rotatable bonds is 6. The average Bonchev–Trinajstić information content (AvgIpc) is 2.61. The molecule has 20 heavy (non-hydrogen) atoms. The number of aromatic nitrogens is 2. The molecule has 112 valence electrons. The van der Waals surface area contributed by atoms with Crippen LogP contribution >= 0.6 is 0 Å². The van der Waals surface area contributed by atoms with Gasteiger partial charge in [-0.05, 0) is 20.8 Å². The fraction of sp³-hybridized carbons (Fsp3) is 0.643. The molecular formula is C14H23N3O3. The molecule has 0 aliphatic rings. The van der Waals surface area contributed by atoms with E-state index in [9.17, 15) is 9.59 Å². The lowest BCUT2D eigenvalue weighted by molar-refractivity contribution is -0.142. The summed E-state index contributed by atoms with van der Waals surface area (Å²) in [7, 11) is 1.85. The van der Waals surface area contributed by atoms with Gasteiger partial charge in [0.1, 0.15) is 0 Å². The molecule has 1 rings (SSSR count). The first-order valence-electron chi connectivity index (χ1n) is 6.77. The van der Waals surface area contributed by atoms with E-state index in [4.69, 9.17) is 5.11 Å². The fourth-order valence-corrected chi connectivity index (χ4v) is 2.15. The molecule has 0 aliphatic carbocycles. The smallest absolute Gasteiger partial charge is 0.308 e. The molecule has 1 amide bonds. The number of carboxylic acid groups (broad SMARTS) is 1. The molecule has 1 atom stereocenters. The Hall–Kier alpha value is -1.85. The van der Waals surface area contributed by atoms with Crippen LogP contribution in [0.2, 0.25) is 0 Å². The minimum absolute atomic E-state index is 0.0557. The molecule has 0 saturated carbocycles. The molecule has 1 N–H and O–H groups in total. The molecular weight excluding hydrogens is 258 g/mol. The predicted octanol–water partition coefficient (Wildman–Crippen LogP) is 1.15. The molecule has 0 radical (unpaired) electrons. The second-order valence-corrected chi connectivity index (χ2v) is 5.12. The van der Waals surface area contributed by atoms with Crippen molar-refractivity contribution in [3.05, 3.63) is 17.0 Å². The van der Waals surface area contributed by atoms with E-state index < -0.39 is 11.9 Å². The van der Waals surface area contributed by atoms with Crippen molar-refractivity contribution in [2.75, 3.05) is 13.1 Å². The summed E-state index contributed by atoms with van der Waals surface area (Å²) >= 11 is 0. The molecule has 6 heteroatoms. The zero-order valence-corrected chi connectivity index (χ0v) is 12.8. The van der Waals surface area contributed by atoms with Crippen molar-refractivity contribution in [3.63, 3.8) is 0 Å². The lowest BCUT2D eigenvalue weighted by atomic mass is 10.1. The van der Waals surface area contributed by atoms with Crippen LogP contribution in [0.4, 0.5) is 0 Å². The summed E-state index contributed by atoms with van der Waals surface area (Å²) in [6.45, 7) is 8.02. The van der Waals surface area contributed by atoms with Gasteiger partial charge < -0.3 is 10.0 Å². The van der Waals surface area contributed by atoms with Crippen LogP contribution in [0.3, 0.4) is 0 Å². The van der Waals surface area contributed by atoms with Crippen molar-refractivity contribution < 1.29 is 14.7 Å². The number of amides is 1. The zero-order chi connectivity index (χ0) is 15.4. The Morgan fingerprint density at radius 1 is 1.40 bits per heavy atom. The highest BCUT2D eigenvalue weighted by atomic mass is 16.4. The topological polar surface area (TPSA) is 75.4 Å². The lowest BCUT2D eigenvalue weighted by Gasteiger charge is -2.23. The van der Waals surface area contributed by atoms with Crippen LogP contribution in [0.25, 0.3) is 0 Å². The van der Waals surface area contributed by atoms with Gasteiger partial charge in [0.15, 0.2) is 0 Å². The van der Waals surface area contributed by atoms with E-state index >= 15 is 0 Å². The van der Waals surface area contributed by atoms with Crippen LogP contribution in [0.15, 0.2) is 0 Å². The van der Waals surface area contributed by atoms with Crippen LogP contribution in [0.1, 0.15) is 30.8 Å². The Kier molecular flexibility index (Phi) is 5.30. The quantitative estimate of drug-likeness (QED) is 0.848. The monoisotopic (exact) mass is 281 g/mol. The summed E-state index contributed by atoms with van der Waals surface area (Å²) in [6.07, 6.45) is 0.270. The van der Waals surface area contributed by atoms with Crippen molar-refractivity contribution in [3.8, 4) is 0 Å². The number of aryl methyl sites for hydroxylation is 2. The SMILES string of the molecule is CCN(CC(C)C(=O)O)C(=O)Cc1c(C)nn(C)c1C. The van der Waals surface area contributed by atoms with Crippen LogP contribution in [-0.2, 0) is 23.1 Å². The van der Waals surface area contributed by atoms with Crippen LogP contribution < -0.4 is 0 Å². The molecule has 0 bridgehead atoms. The number of hydrogen-bond donors (Lipinski definition) is 1. The van der Waals surface area contributed by atoms with Crippen LogP contribution in [-0.4, -0.2) is 44.8 Å². The van der Waals surface area contributed by atoms with E-state index in [1.807, 2.05) is 27.8 Å². The number of nitrogens with zero attached hydrogens (tertiary/aromatic N) is 3. The third kappa shape index (κ3) is 3.59. The van der Waals surface area contributed by atoms with Gasteiger partial charge in [0.25, 0.3) is 0 Å². The summed E-state index contributed by atoms with van der Waals surface area (Å²) in [6, 6.07) is 0. The van der Waals surface area contributed by atoms with Crippen LogP contribution in [0.5, 0.6) is 0 Å². The van der Waals surface area contributed by atoms with Crippen LogP contribution in [0, 0.1) is 19.8 Å². The standard InChI is InChI=1S/C14H23N3O3/c1-6-17(8-9(2)14(19)20)13(18)7-12-10(3)15-16(5)11(12)4/h9H,6-8H2,1-5H3,(H,19,20). The Morgan fingerprint density at radius 3 is 2.40 bits per heavy atom. The van der Waals surface area contributed by atoms with Gasteiger partial charge in [-0.3, -0.25) is 14.3 Å². The minimum Gasteiger partial charge on any atom is -0.481 e. The maximum atomic E-state index is 12.3. The third-order valence-electron chi connectivity index (χ3n) is 3.64. The summed E-state index contributed by atoms with van der Waals surface area (Å²) in [5.41, 5.74) is 2.75. The molecule has 1 heterocycles. The van der Waals surface area contributed by atoms with Crippen molar-refractivity contribution in [2.24, 2.45) is 13.0 Å². The van der Waals surface area contributed by atoms with Gasteiger partial charge in [0.2, 0.25) is 5.91 Å². The van der Waals surface area contributed by atoms with Gasteiger partial charge in [-0.15, -0.1) is 0 Å². The maximum absolute atomic E-state index is 12.3. The highest BCUT2D eigenvalue weighted by Gasteiger charge is 2.21. The van der Waals surface area contributed by atoms with E-state index in [0.717, 1.165) is 17.0 Å². The highest BCUT2D eigenvalue weighted by Crippen LogP contribution is 2.14. The van der Waals surface area contributed by atoms with Gasteiger partial charge in [-0.2, -0.15) is 5.10 Å². The van der Waals surface area contributed by atoms with Gasteiger partial charge in [-0.1, -0.05) is 6.92 Å². The second-order valence-electron chi connectivity index (χ2n) is 5.12. The van der Waals surface area contributed by atoms with E-state index in [0.29, 0.717) is 6.54 Å². The van der Waals surface area contributed by atoms with Gasteiger partial charge in [-0.25, -0.2) is 0 Å². The van der Waals surface area contributed by atoms with E-state index in [2.05, 4.69) is 5.10 Å². The summed E-state index contributed by atoms with van der Waals surface area (Å²) < 4.78 is 1.76. The molecule has 6 nitrogen and oxygen atoms in total. The number of aliphatic carboxylic acids is 1. The molecule has 0 spiro atoms. The van der Waals surface area contributed by atoms with Gasteiger partial charge in [0.05, 0.1) is 18.0 Å². The molecule has 0 aromatic carbocycles. The molecule has 0 saturated heterocycles. The number of carbonyl (C=O) groups is 2. The van der Waals surface area contributed by atoms with Crippen molar-refractivity contribution in [2.45, 2.75) is 34.1 Å². The first-order chi connectivity index (χ1) is 9.27. The van der Waals surface area contributed by atoms with Gasteiger partial charge >= 0.3 is 5.97 Å².